The van der Waals surface area contributed by atoms with Gasteiger partial charge in [0.05, 0.1) is 4.90 Å². The standard InChI is InChI=1S/C12H22N4O2S/c1-10(2)16(4)8-7-15-19(17,18)11-5-6-14-12(9-11)13-3/h5-6,9-10,15H,7-8H2,1-4H3,(H,13,14). The first kappa shape index (κ1) is 15.9. The van der Waals surface area contributed by atoms with Crippen LogP contribution in [0.2, 0.25) is 0 Å². The first-order valence-corrected chi connectivity index (χ1v) is 7.69. The van der Waals surface area contributed by atoms with Crippen LogP contribution in [0.15, 0.2) is 23.2 Å². The fourth-order valence-corrected chi connectivity index (χ4v) is 2.45. The molecule has 6 nitrogen and oxygen atoms in total. The molecule has 1 aromatic rings. The zero-order chi connectivity index (χ0) is 14.5. The summed E-state index contributed by atoms with van der Waals surface area (Å²) in [6.45, 7) is 5.18. The molecular weight excluding hydrogens is 264 g/mol. The molecule has 0 fully saturated rings. The molecule has 0 saturated heterocycles. The van der Waals surface area contributed by atoms with Gasteiger partial charge in [-0.1, -0.05) is 0 Å². The highest BCUT2D eigenvalue weighted by Crippen LogP contribution is 2.11. The van der Waals surface area contributed by atoms with E-state index in [1.807, 2.05) is 7.05 Å². The summed E-state index contributed by atoms with van der Waals surface area (Å²) >= 11 is 0. The lowest BCUT2D eigenvalue weighted by molar-refractivity contribution is 0.278. The van der Waals surface area contributed by atoms with E-state index in [1.165, 1.54) is 18.3 Å². The minimum absolute atomic E-state index is 0.221. The van der Waals surface area contributed by atoms with Crippen LogP contribution in [0.5, 0.6) is 0 Å². The molecule has 0 radical (unpaired) electrons. The summed E-state index contributed by atoms with van der Waals surface area (Å²) in [4.78, 5) is 6.29. The number of nitrogens with zero attached hydrogens (tertiary/aromatic N) is 2. The third-order valence-electron chi connectivity index (χ3n) is 2.94. The Morgan fingerprint density at radius 1 is 1.42 bits per heavy atom. The molecule has 0 aliphatic rings. The smallest absolute Gasteiger partial charge is 0.240 e. The topological polar surface area (TPSA) is 74.3 Å². The Balaban J connectivity index is 2.65. The van der Waals surface area contributed by atoms with Crippen molar-refractivity contribution in [2.45, 2.75) is 24.8 Å². The first-order chi connectivity index (χ1) is 8.86. The van der Waals surface area contributed by atoms with E-state index in [2.05, 4.69) is 33.8 Å². The van der Waals surface area contributed by atoms with Gasteiger partial charge in [-0.15, -0.1) is 0 Å². The Bertz CT molecular complexity index is 502. The molecule has 1 rings (SSSR count). The number of anilines is 1. The largest absolute Gasteiger partial charge is 0.373 e. The summed E-state index contributed by atoms with van der Waals surface area (Å²) in [6, 6.07) is 3.38. The average Bonchev–Trinajstić information content (AvgIpc) is 2.38. The van der Waals surface area contributed by atoms with Gasteiger partial charge in [0.2, 0.25) is 10.0 Å². The number of likely N-dealkylation sites (N-methyl/N-ethyl adjacent to an activating group) is 1. The van der Waals surface area contributed by atoms with Crippen molar-refractivity contribution >= 4 is 15.8 Å². The van der Waals surface area contributed by atoms with Gasteiger partial charge in [0.25, 0.3) is 0 Å². The second kappa shape index (κ2) is 6.83. The monoisotopic (exact) mass is 286 g/mol. The normalized spacial score (nSPS) is 12.1. The van der Waals surface area contributed by atoms with Crippen LogP contribution in [0, 0.1) is 0 Å². The highest BCUT2D eigenvalue weighted by atomic mass is 32.2. The molecule has 0 aliphatic carbocycles. The maximum atomic E-state index is 12.1. The Morgan fingerprint density at radius 3 is 2.68 bits per heavy atom. The maximum absolute atomic E-state index is 12.1. The summed E-state index contributed by atoms with van der Waals surface area (Å²) in [7, 11) is 0.190. The molecule has 0 aromatic carbocycles. The molecule has 0 atom stereocenters. The molecule has 0 bridgehead atoms. The van der Waals surface area contributed by atoms with Crippen molar-refractivity contribution in [1.29, 1.82) is 0 Å². The lowest BCUT2D eigenvalue weighted by Gasteiger charge is -2.20. The third kappa shape index (κ3) is 4.77. The second-order valence-corrected chi connectivity index (χ2v) is 6.37. The van der Waals surface area contributed by atoms with Gasteiger partial charge in [-0.05, 0) is 27.0 Å². The van der Waals surface area contributed by atoms with E-state index in [-0.39, 0.29) is 4.90 Å². The van der Waals surface area contributed by atoms with Crippen molar-refractivity contribution in [3.63, 3.8) is 0 Å². The molecule has 0 unspecified atom stereocenters. The molecule has 19 heavy (non-hydrogen) atoms. The lowest BCUT2D eigenvalue weighted by Crippen LogP contribution is -2.36. The van der Waals surface area contributed by atoms with Gasteiger partial charge in [0.1, 0.15) is 5.82 Å². The van der Waals surface area contributed by atoms with Crippen LogP contribution in [0.4, 0.5) is 5.82 Å². The summed E-state index contributed by atoms with van der Waals surface area (Å²) in [5.41, 5.74) is 0. The fraction of sp³-hybridized carbons (Fsp3) is 0.583. The van der Waals surface area contributed by atoms with Gasteiger partial charge in [-0.25, -0.2) is 18.1 Å². The Labute approximate surface area is 115 Å². The van der Waals surface area contributed by atoms with Gasteiger partial charge in [-0.2, -0.15) is 0 Å². The number of rotatable bonds is 7. The summed E-state index contributed by atoms with van der Waals surface area (Å²) in [6.07, 6.45) is 1.47. The van der Waals surface area contributed by atoms with Crippen molar-refractivity contribution in [3.05, 3.63) is 18.3 Å². The number of hydrogen-bond acceptors (Lipinski definition) is 5. The molecule has 1 heterocycles. The lowest BCUT2D eigenvalue weighted by atomic mass is 10.3. The Kier molecular flexibility index (Phi) is 5.71. The van der Waals surface area contributed by atoms with Crippen LogP contribution in [-0.2, 0) is 10.0 Å². The van der Waals surface area contributed by atoms with E-state index in [1.54, 1.807) is 7.05 Å². The molecule has 0 saturated carbocycles. The quantitative estimate of drug-likeness (QED) is 0.773. The van der Waals surface area contributed by atoms with Crippen LogP contribution in [0.3, 0.4) is 0 Å². The van der Waals surface area contributed by atoms with Crippen molar-refractivity contribution < 1.29 is 8.42 Å². The van der Waals surface area contributed by atoms with Crippen LogP contribution >= 0.6 is 0 Å². The minimum atomic E-state index is -3.47. The predicted octanol–water partition coefficient (Wildman–Crippen LogP) is 0.742. The SMILES string of the molecule is CNc1cc(S(=O)(=O)NCCN(C)C(C)C)ccn1. The van der Waals surface area contributed by atoms with Crippen LogP contribution < -0.4 is 10.0 Å². The number of hydrogen-bond donors (Lipinski definition) is 2. The second-order valence-electron chi connectivity index (χ2n) is 4.60. The number of sulfonamides is 1. The van der Waals surface area contributed by atoms with E-state index in [0.717, 1.165) is 0 Å². The van der Waals surface area contributed by atoms with Crippen LogP contribution in [-0.4, -0.2) is 51.5 Å². The highest BCUT2D eigenvalue weighted by molar-refractivity contribution is 7.89. The van der Waals surface area contributed by atoms with Crippen molar-refractivity contribution in [2.75, 3.05) is 32.5 Å². The van der Waals surface area contributed by atoms with Gasteiger partial charge < -0.3 is 10.2 Å². The van der Waals surface area contributed by atoms with Gasteiger partial charge in [0.15, 0.2) is 0 Å². The van der Waals surface area contributed by atoms with E-state index >= 15 is 0 Å². The Morgan fingerprint density at radius 2 is 2.11 bits per heavy atom. The van der Waals surface area contributed by atoms with Crippen molar-refractivity contribution in [1.82, 2.24) is 14.6 Å². The van der Waals surface area contributed by atoms with Crippen LogP contribution in [0.1, 0.15) is 13.8 Å². The Hall–Kier alpha value is -1.18. The van der Waals surface area contributed by atoms with Gasteiger partial charge in [-0.3, -0.25) is 0 Å². The first-order valence-electron chi connectivity index (χ1n) is 6.20. The zero-order valence-corrected chi connectivity index (χ0v) is 12.7. The van der Waals surface area contributed by atoms with E-state index in [4.69, 9.17) is 0 Å². The van der Waals surface area contributed by atoms with Crippen LogP contribution in [0.25, 0.3) is 0 Å². The van der Waals surface area contributed by atoms with E-state index in [0.29, 0.717) is 24.9 Å². The summed E-state index contributed by atoms with van der Waals surface area (Å²) < 4.78 is 26.7. The van der Waals surface area contributed by atoms with Gasteiger partial charge in [0, 0.05) is 38.4 Å². The predicted molar refractivity (Wildman–Crippen MR) is 76.7 cm³/mol. The molecule has 1 aromatic heterocycles. The maximum Gasteiger partial charge on any atom is 0.240 e. The number of aromatic nitrogens is 1. The molecule has 7 heteroatoms. The van der Waals surface area contributed by atoms with Crippen molar-refractivity contribution in [3.8, 4) is 0 Å². The summed E-state index contributed by atoms with van der Waals surface area (Å²) in [5.74, 6) is 0.530. The third-order valence-corrected chi connectivity index (χ3v) is 4.39. The molecule has 0 spiro atoms. The van der Waals surface area contributed by atoms with E-state index < -0.39 is 10.0 Å². The average molecular weight is 286 g/mol. The number of nitrogens with one attached hydrogen (secondary N) is 2. The number of pyridine rings is 1. The highest BCUT2D eigenvalue weighted by Gasteiger charge is 2.14. The molecule has 0 amide bonds. The van der Waals surface area contributed by atoms with Crippen molar-refractivity contribution in [2.24, 2.45) is 0 Å². The molecule has 0 aliphatic heterocycles. The summed E-state index contributed by atoms with van der Waals surface area (Å²) in [5, 5.41) is 2.82. The zero-order valence-electron chi connectivity index (χ0n) is 11.8. The van der Waals surface area contributed by atoms with E-state index in [9.17, 15) is 8.42 Å². The fourth-order valence-electron chi connectivity index (χ4n) is 1.41. The minimum Gasteiger partial charge on any atom is -0.373 e. The van der Waals surface area contributed by atoms with Gasteiger partial charge >= 0.3 is 0 Å². The molecule has 2 N–H and O–H groups in total. The molecular formula is C12H22N4O2S. The molecule has 108 valence electrons.